The van der Waals surface area contributed by atoms with Gasteiger partial charge in [-0.15, -0.1) is 0 Å². The lowest BCUT2D eigenvalue weighted by atomic mass is 10.2. The smallest absolute Gasteiger partial charge is 0.335 e. The topological polar surface area (TPSA) is 196 Å². The summed E-state index contributed by atoms with van der Waals surface area (Å²) < 4.78 is 0. The molecule has 0 saturated heterocycles. The first-order chi connectivity index (χ1) is 8.18. The van der Waals surface area contributed by atoms with Gasteiger partial charge in [-0.1, -0.05) is 0 Å². The second-order valence-electron chi connectivity index (χ2n) is 3.07. The Morgan fingerprint density at radius 3 is 1.00 bits per heavy atom. The van der Waals surface area contributed by atoms with Crippen molar-refractivity contribution in [2.75, 3.05) is 13.2 Å². The molecular weight excluding hydrogens is 256 g/mol. The zero-order valence-electron chi connectivity index (χ0n) is 9.12. The number of carboxylic acids is 2. The lowest BCUT2D eigenvalue weighted by Gasteiger charge is -2.09. The third-order valence-electron chi connectivity index (χ3n) is 1.61. The molecule has 0 aliphatic carbocycles. The molecule has 0 radical (unpaired) electrons. The van der Waals surface area contributed by atoms with Gasteiger partial charge in [-0.05, 0) is 0 Å². The maximum absolute atomic E-state index is 9.78. The van der Waals surface area contributed by atoms with Gasteiger partial charge in [-0.3, -0.25) is 0 Å². The molecule has 0 saturated carbocycles. The van der Waals surface area contributed by atoms with Crippen LogP contribution < -0.4 is 0 Å². The molecule has 4 unspecified atom stereocenters. The summed E-state index contributed by atoms with van der Waals surface area (Å²) >= 11 is 0. The van der Waals surface area contributed by atoms with Gasteiger partial charge in [-0.25, -0.2) is 9.59 Å². The van der Waals surface area contributed by atoms with Gasteiger partial charge in [0.05, 0.1) is 13.2 Å². The van der Waals surface area contributed by atoms with Crippen LogP contribution in [0, 0.1) is 0 Å². The second kappa shape index (κ2) is 9.70. The van der Waals surface area contributed by atoms with E-state index in [1.165, 1.54) is 0 Å². The number of hydrogen-bond acceptors (Lipinski definition) is 8. The number of aliphatic carboxylic acids is 2. The van der Waals surface area contributed by atoms with E-state index in [4.69, 9.17) is 40.9 Å². The van der Waals surface area contributed by atoms with Crippen molar-refractivity contribution in [3.05, 3.63) is 0 Å². The fraction of sp³-hybridized carbons (Fsp3) is 0.750. The molecule has 0 aromatic carbocycles. The van der Waals surface area contributed by atoms with Crippen LogP contribution in [0.25, 0.3) is 0 Å². The largest absolute Gasteiger partial charge is 0.479 e. The van der Waals surface area contributed by atoms with E-state index >= 15 is 0 Å². The summed E-state index contributed by atoms with van der Waals surface area (Å²) in [6.45, 7) is -1.51. The van der Waals surface area contributed by atoms with Crippen molar-refractivity contribution >= 4 is 11.9 Å². The van der Waals surface area contributed by atoms with Crippen molar-refractivity contribution < 1.29 is 50.4 Å². The molecule has 10 heteroatoms. The molecule has 4 atom stereocenters. The Morgan fingerprint density at radius 1 is 0.722 bits per heavy atom. The number of carbonyl (C=O) groups is 2. The summed E-state index contributed by atoms with van der Waals surface area (Å²) in [6, 6.07) is 0. The number of hydrogen-bond donors (Lipinski definition) is 8. The third kappa shape index (κ3) is 7.89. The molecule has 8 N–H and O–H groups in total. The Morgan fingerprint density at radius 2 is 0.944 bits per heavy atom. The van der Waals surface area contributed by atoms with Crippen molar-refractivity contribution in [3.63, 3.8) is 0 Å². The van der Waals surface area contributed by atoms with Gasteiger partial charge < -0.3 is 40.9 Å². The van der Waals surface area contributed by atoms with Gasteiger partial charge in [0, 0.05) is 0 Å². The summed E-state index contributed by atoms with van der Waals surface area (Å²) in [6.07, 6.45) is -6.98. The maximum atomic E-state index is 9.78. The van der Waals surface area contributed by atoms with Crippen LogP contribution in [-0.4, -0.2) is 90.4 Å². The van der Waals surface area contributed by atoms with E-state index in [2.05, 4.69) is 0 Å². The minimum absolute atomic E-state index is 0.756. The Kier molecular flexibility index (Phi) is 10.3. The van der Waals surface area contributed by atoms with Gasteiger partial charge in [0.2, 0.25) is 0 Å². The summed E-state index contributed by atoms with van der Waals surface area (Å²) in [5.41, 5.74) is 0. The minimum atomic E-state index is -1.89. The van der Waals surface area contributed by atoms with Gasteiger partial charge in [0.25, 0.3) is 0 Å². The summed E-state index contributed by atoms with van der Waals surface area (Å²) in [4.78, 5) is 19.6. The van der Waals surface area contributed by atoms with Gasteiger partial charge in [-0.2, -0.15) is 0 Å². The Balaban J connectivity index is 0. The van der Waals surface area contributed by atoms with Crippen molar-refractivity contribution in [2.24, 2.45) is 0 Å². The van der Waals surface area contributed by atoms with Crippen LogP contribution >= 0.6 is 0 Å². The summed E-state index contributed by atoms with van der Waals surface area (Å²) in [5.74, 6) is -3.09. The van der Waals surface area contributed by atoms with Crippen molar-refractivity contribution in [1.82, 2.24) is 0 Å². The van der Waals surface area contributed by atoms with Crippen LogP contribution in [0.15, 0.2) is 0 Å². The highest BCUT2D eigenvalue weighted by Crippen LogP contribution is 1.91. The fourth-order valence-electron chi connectivity index (χ4n) is 0.529. The highest BCUT2D eigenvalue weighted by atomic mass is 16.4. The maximum Gasteiger partial charge on any atom is 0.335 e. The van der Waals surface area contributed by atoms with E-state index < -0.39 is 49.6 Å². The molecule has 0 aliphatic heterocycles. The van der Waals surface area contributed by atoms with E-state index in [0.29, 0.717) is 0 Å². The predicted molar refractivity (Wildman–Crippen MR) is 53.5 cm³/mol. The molecule has 0 amide bonds. The first kappa shape index (κ1) is 19.0. The lowest BCUT2D eigenvalue weighted by molar-refractivity contribution is -0.155. The molecule has 108 valence electrons. The zero-order valence-corrected chi connectivity index (χ0v) is 9.12. The van der Waals surface area contributed by atoms with Crippen LogP contribution in [0.3, 0.4) is 0 Å². The first-order valence-electron chi connectivity index (χ1n) is 4.58. The predicted octanol–water partition coefficient (Wildman–Crippen LogP) is -4.43. The number of rotatable bonds is 6. The normalized spacial score (nSPS) is 16.8. The summed E-state index contributed by atoms with van der Waals surface area (Å²) in [5, 5.41) is 65.7. The molecule has 0 aromatic rings. The van der Waals surface area contributed by atoms with E-state index in [9.17, 15) is 9.59 Å². The van der Waals surface area contributed by atoms with E-state index in [1.54, 1.807) is 0 Å². The number of aliphatic hydroxyl groups excluding tert-OH is 6. The van der Waals surface area contributed by atoms with Crippen LogP contribution in [0.2, 0.25) is 0 Å². The molecule has 18 heavy (non-hydrogen) atoms. The van der Waals surface area contributed by atoms with Crippen LogP contribution in [-0.2, 0) is 9.59 Å². The van der Waals surface area contributed by atoms with Crippen molar-refractivity contribution in [2.45, 2.75) is 24.4 Å². The molecule has 0 bridgehead atoms. The lowest BCUT2D eigenvalue weighted by Crippen LogP contribution is -2.36. The monoisotopic (exact) mass is 272 g/mol. The molecule has 0 aliphatic rings. The fourth-order valence-corrected chi connectivity index (χ4v) is 0.529. The van der Waals surface area contributed by atoms with Crippen LogP contribution in [0.1, 0.15) is 0 Å². The minimum Gasteiger partial charge on any atom is -0.479 e. The van der Waals surface area contributed by atoms with Crippen molar-refractivity contribution in [1.29, 1.82) is 0 Å². The standard InChI is InChI=1S/2C4H8O5/c2*5-1-2(6)3(7)4(8)9/h2*2-3,5-7H,1H2,(H,8,9). The molecule has 0 fully saturated rings. The van der Waals surface area contributed by atoms with Crippen LogP contribution in [0.5, 0.6) is 0 Å². The average Bonchev–Trinajstić information content (AvgIpc) is 2.35. The third-order valence-corrected chi connectivity index (χ3v) is 1.61. The molecule has 10 nitrogen and oxygen atoms in total. The van der Waals surface area contributed by atoms with Gasteiger partial charge >= 0.3 is 11.9 Å². The molecule has 0 rings (SSSR count). The molecular formula is C8H16O10. The quantitative estimate of drug-likeness (QED) is 0.233. The SMILES string of the molecule is O=C(O)C(O)C(O)CO.O=C(O)C(O)C(O)CO. The van der Waals surface area contributed by atoms with E-state index in [1.807, 2.05) is 0 Å². The Hall–Kier alpha value is -1.30. The van der Waals surface area contributed by atoms with Gasteiger partial charge in [0.1, 0.15) is 12.2 Å². The molecule has 0 spiro atoms. The highest BCUT2D eigenvalue weighted by Gasteiger charge is 2.22. The van der Waals surface area contributed by atoms with E-state index in [0.717, 1.165) is 0 Å². The summed E-state index contributed by atoms with van der Waals surface area (Å²) in [7, 11) is 0. The number of aliphatic hydroxyl groups is 6. The van der Waals surface area contributed by atoms with Gasteiger partial charge in [0.15, 0.2) is 12.2 Å². The highest BCUT2D eigenvalue weighted by molar-refractivity contribution is 5.72. The second-order valence-corrected chi connectivity index (χ2v) is 3.07. The van der Waals surface area contributed by atoms with E-state index in [-0.39, 0.29) is 0 Å². The zero-order chi connectivity index (χ0) is 14.9. The molecule has 0 aromatic heterocycles. The first-order valence-corrected chi connectivity index (χ1v) is 4.58. The number of carboxylic acid groups (broad SMARTS) is 2. The Labute approximate surface area is 101 Å². The Bertz CT molecular complexity index is 228. The average molecular weight is 272 g/mol. The van der Waals surface area contributed by atoms with Crippen molar-refractivity contribution in [3.8, 4) is 0 Å². The van der Waals surface area contributed by atoms with Crippen LogP contribution in [0.4, 0.5) is 0 Å². The molecule has 0 heterocycles.